The molecule has 0 aromatic heterocycles. The molecule has 3 amide bonds. The number of carbonyl (C=O) groups excluding carboxylic acids is 3. The number of carbonyl (C=O) groups is 3. The van der Waals surface area contributed by atoms with E-state index < -0.39 is 12.1 Å². The molecule has 3 N–H and O–H groups in total. The fraction of sp³-hybridized carbons (Fsp3) is 0.720. The average Bonchev–Trinajstić information content (AvgIpc) is 3.22. The molecule has 7 atom stereocenters. The minimum atomic E-state index is -0.556. The van der Waals surface area contributed by atoms with Gasteiger partial charge in [-0.2, -0.15) is 0 Å². The Morgan fingerprint density at radius 1 is 0.969 bits per heavy atom. The molecule has 4 rings (SSSR count). The number of rotatable bonds is 5. The number of hydrogen-bond donors (Lipinski definition) is 3. The maximum absolute atomic E-state index is 13.6. The van der Waals surface area contributed by atoms with Crippen molar-refractivity contribution in [3.05, 3.63) is 24.3 Å². The molecule has 176 valence electrons. The predicted octanol–water partition coefficient (Wildman–Crippen LogP) is 2.04. The topological polar surface area (TPSA) is 90.5 Å². The Kier molecular flexibility index (Phi) is 7.33. The number of nitrogens with zero attached hydrogens (tertiary/aromatic N) is 1. The van der Waals surface area contributed by atoms with Crippen molar-refractivity contribution >= 4 is 17.7 Å². The van der Waals surface area contributed by atoms with Crippen molar-refractivity contribution in [2.75, 3.05) is 7.05 Å². The van der Waals surface area contributed by atoms with Crippen LogP contribution in [0.15, 0.2) is 24.3 Å². The molecule has 4 aliphatic rings. The zero-order chi connectivity index (χ0) is 22.7. The second kappa shape index (κ2) is 10.2. The molecule has 2 heterocycles. The lowest BCUT2D eigenvalue weighted by Crippen LogP contribution is -2.59. The van der Waals surface area contributed by atoms with Gasteiger partial charge in [0.05, 0.1) is 6.04 Å². The van der Waals surface area contributed by atoms with E-state index in [4.69, 9.17) is 0 Å². The highest BCUT2D eigenvalue weighted by molar-refractivity contribution is 5.93. The summed E-state index contributed by atoms with van der Waals surface area (Å²) in [5, 5.41) is 9.18. The third-order valence-corrected chi connectivity index (χ3v) is 7.92. The summed E-state index contributed by atoms with van der Waals surface area (Å²) in [5.41, 5.74) is 0. The van der Waals surface area contributed by atoms with Crippen LogP contribution in [0.2, 0.25) is 0 Å². The van der Waals surface area contributed by atoms with Crippen LogP contribution in [0.3, 0.4) is 0 Å². The largest absolute Gasteiger partial charge is 0.351 e. The summed E-state index contributed by atoms with van der Waals surface area (Å²) in [6.07, 6.45) is 17.0. The van der Waals surface area contributed by atoms with Crippen molar-refractivity contribution in [3.8, 4) is 0 Å². The molecule has 7 nitrogen and oxygen atoms in total. The molecule has 0 aromatic carbocycles. The first-order chi connectivity index (χ1) is 15.5. The van der Waals surface area contributed by atoms with Crippen LogP contribution in [0, 0.1) is 11.8 Å². The van der Waals surface area contributed by atoms with Gasteiger partial charge in [0, 0.05) is 18.0 Å². The fourth-order valence-corrected chi connectivity index (χ4v) is 5.96. The van der Waals surface area contributed by atoms with Gasteiger partial charge in [0.15, 0.2) is 0 Å². The van der Waals surface area contributed by atoms with Gasteiger partial charge in [-0.3, -0.25) is 14.4 Å². The van der Waals surface area contributed by atoms with Gasteiger partial charge in [-0.15, -0.1) is 0 Å². The van der Waals surface area contributed by atoms with Crippen molar-refractivity contribution in [1.82, 2.24) is 20.9 Å². The van der Waals surface area contributed by atoms with Crippen LogP contribution in [0.25, 0.3) is 0 Å². The van der Waals surface area contributed by atoms with Crippen LogP contribution in [0.5, 0.6) is 0 Å². The molecule has 32 heavy (non-hydrogen) atoms. The molecule has 1 saturated carbocycles. The lowest BCUT2D eigenvalue weighted by molar-refractivity contribution is -0.144. The smallest absolute Gasteiger partial charge is 0.246 e. The van der Waals surface area contributed by atoms with Gasteiger partial charge in [0.25, 0.3) is 0 Å². The van der Waals surface area contributed by atoms with Gasteiger partial charge in [-0.1, -0.05) is 43.6 Å². The molecule has 3 fully saturated rings. The van der Waals surface area contributed by atoms with E-state index in [-0.39, 0.29) is 35.8 Å². The first-order valence-electron chi connectivity index (χ1n) is 12.4. The van der Waals surface area contributed by atoms with Gasteiger partial charge in [-0.25, -0.2) is 0 Å². The third-order valence-electron chi connectivity index (χ3n) is 7.92. The minimum absolute atomic E-state index is 0.0244. The Bertz CT molecular complexity index is 779. The van der Waals surface area contributed by atoms with Crippen LogP contribution in [-0.2, 0) is 14.4 Å². The van der Waals surface area contributed by atoms with Gasteiger partial charge < -0.3 is 20.9 Å². The highest BCUT2D eigenvalue weighted by Crippen LogP contribution is 2.36. The van der Waals surface area contributed by atoms with E-state index in [2.05, 4.69) is 40.3 Å². The number of hydrogen-bond acceptors (Lipinski definition) is 4. The standard InChI is InChI=1S/C25H38N4O3/c1-16(26-2)23(30)28-21-12-6-4-10-18-14-15-22(29(18)25(21)32)24(31)27-20-13-7-9-17-8-3-5-11-19(17)20/h3,5,8,11,16-22,26H,4,6-7,9-10,12-15H2,1-2H3,(H,27,31)(H,28,30)/t16-,17?,18-,19?,20-,21-,22-/m0/s1. The molecule has 0 radical (unpaired) electrons. The van der Waals surface area contributed by atoms with E-state index in [1.807, 2.05) is 4.90 Å². The third kappa shape index (κ3) is 4.77. The van der Waals surface area contributed by atoms with Crippen LogP contribution in [0.4, 0.5) is 0 Å². The summed E-state index contributed by atoms with van der Waals surface area (Å²) in [6.45, 7) is 1.78. The molecular weight excluding hydrogens is 404 g/mol. The number of nitrogens with one attached hydrogen (secondary N) is 3. The van der Waals surface area contributed by atoms with Crippen LogP contribution < -0.4 is 16.0 Å². The van der Waals surface area contributed by atoms with E-state index in [9.17, 15) is 14.4 Å². The minimum Gasteiger partial charge on any atom is -0.351 e. The van der Waals surface area contributed by atoms with Gasteiger partial charge in [0.2, 0.25) is 17.7 Å². The van der Waals surface area contributed by atoms with E-state index in [1.54, 1.807) is 14.0 Å². The SMILES string of the molecule is CN[C@@H](C)C(=O)N[C@H]1CCCC[C@H]2CC[C@@H](C(=O)N[C@H]3CCCC4C=CC=CC43)N2C1=O. The Balaban J connectivity index is 1.46. The Morgan fingerprint density at radius 3 is 2.56 bits per heavy atom. The van der Waals surface area contributed by atoms with Crippen molar-refractivity contribution in [2.24, 2.45) is 11.8 Å². The molecule has 2 aliphatic carbocycles. The maximum atomic E-state index is 13.6. The second-order valence-corrected chi connectivity index (χ2v) is 9.91. The van der Waals surface area contributed by atoms with Crippen molar-refractivity contribution < 1.29 is 14.4 Å². The van der Waals surface area contributed by atoms with Crippen molar-refractivity contribution in [2.45, 2.75) is 94.9 Å². The lowest BCUT2D eigenvalue weighted by atomic mass is 9.74. The van der Waals surface area contributed by atoms with Crippen molar-refractivity contribution in [3.63, 3.8) is 0 Å². The summed E-state index contributed by atoms with van der Waals surface area (Å²) in [4.78, 5) is 41.3. The second-order valence-electron chi connectivity index (χ2n) is 9.91. The number of likely N-dealkylation sites (N-methyl/N-ethyl adjacent to an activating group) is 1. The quantitative estimate of drug-likeness (QED) is 0.608. The summed E-state index contributed by atoms with van der Waals surface area (Å²) >= 11 is 0. The Morgan fingerprint density at radius 2 is 1.75 bits per heavy atom. The van der Waals surface area contributed by atoms with Crippen LogP contribution in [-0.4, -0.2) is 59.9 Å². The van der Waals surface area contributed by atoms with E-state index in [0.717, 1.165) is 38.5 Å². The van der Waals surface area contributed by atoms with E-state index in [1.165, 1.54) is 6.42 Å². The summed E-state index contributed by atoms with van der Waals surface area (Å²) < 4.78 is 0. The van der Waals surface area contributed by atoms with Gasteiger partial charge in [-0.05, 0) is 58.4 Å². The molecule has 0 spiro atoms. The number of fused-ring (bicyclic) bond motifs is 2. The lowest BCUT2D eigenvalue weighted by Gasteiger charge is -2.39. The number of allylic oxidation sites excluding steroid dienone is 3. The van der Waals surface area contributed by atoms with Gasteiger partial charge >= 0.3 is 0 Å². The monoisotopic (exact) mass is 442 g/mol. The molecule has 2 unspecified atom stereocenters. The maximum Gasteiger partial charge on any atom is 0.246 e. The van der Waals surface area contributed by atoms with Gasteiger partial charge in [0.1, 0.15) is 12.1 Å². The van der Waals surface area contributed by atoms with E-state index >= 15 is 0 Å². The predicted molar refractivity (Wildman–Crippen MR) is 124 cm³/mol. The molecule has 7 heteroatoms. The molecule has 2 aliphatic heterocycles. The first-order valence-corrected chi connectivity index (χ1v) is 12.4. The number of amides is 3. The van der Waals surface area contributed by atoms with Crippen LogP contribution >= 0.6 is 0 Å². The molecule has 0 bridgehead atoms. The Labute approximate surface area is 191 Å². The summed E-state index contributed by atoms with van der Waals surface area (Å²) in [7, 11) is 1.73. The Hall–Kier alpha value is -2.15. The highest BCUT2D eigenvalue weighted by atomic mass is 16.2. The molecule has 0 aromatic rings. The van der Waals surface area contributed by atoms with Crippen molar-refractivity contribution in [1.29, 1.82) is 0 Å². The average molecular weight is 443 g/mol. The normalized spacial score (nSPS) is 35.3. The van der Waals surface area contributed by atoms with E-state index in [0.29, 0.717) is 24.7 Å². The summed E-state index contributed by atoms with van der Waals surface area (Å²) in [6, 6.07) is -1.14. The fourth-order valence-electron chi connectivity index (χ4n) is 5.96. The molecule has 2 saturated heterocycles. The highest BCUT2D eigenvalue weighted by Gasteiger charge is 2.45. The first kappa shape index (κ1) is 23.0. The summed E-state index contributed by atoms with van der Waals surface area (Å²) in [5.74, 6) is 0.545. The molecular formula is C25H38N4O3. The zero-order valence-electron chi connectivity index (χ0n) is 19.4. The van der Waals surface area contributed by atoms with Crippen LogP contribution in [0.1, 0.15) is 64.7 Å². The zero-order valence-corrected chi connectivity index (χ0v) is 19.4.